The van der Waals surface area contributed by atoms with Crippen molar-refractivity contribution in [3.8, 4) is 22.8 Å². The number of benzene rings is 3. The van der Waals surface area contributed by atoms with E-state index >= 15 is 0 Å². The van der Waals surface area contributed by atoms with Gasteiger partial charge in [-0.3, -0.25) is 39.0 Å². The van der Waals surface area contributed by atoms with E-state index < -0.39 is 41.5 Å². The van der Waals surface area contributed by atoms with Crippen LogP contribution in [0.2, 0.25) is 0 Å². The fourth-order valence-electron chi connectivity index (χ4n) is 8.37. The fraction of sp³-hybridized carbons (Fsp3) is 0.372. The molecule has 2 atom stereocenters. The summed E-state index contributed by atoms with van der Waals surface area (Å²) in [5.74, 6) is -0.921. The molecule has 0 saturated carbocycles. The van der Waals surface area contributed by atoms with Crippen LogP contribution < -0.4 is 26.4 Å². The Hall–Kier alpha value is -6.43. The van der Waals surface area contributed by atoms with Crippen molar-refractivity contribution in [2.45, 2.75) is 44.2 Å². The zero-order valence-corrected chi connectivity index (χ0v) is 32.9. The van der Waals surface area contributed by atoms with E-state index in [1.165, 1.54) is 18.2 Å². The number of rotatable bonds is 15. The van der Waals surface area contributed by atoms with Crippen molar-refractivity contribution in [3.63, 3.8) is 0 Å². The highest BCUT2D eigenvalue weighted by molar-refractivity contribution is 6.24. The first-order chi connectivity index (χ1) is 29.1. The first-order valence-electron chi connectivity index (χ1n) is 20.2. The highest BCUT2D eigenvalue weighted by atomic mass is 16.5. The van der Waals surface area contributed by atoms with Gasteiger partial charge in [-0.25, -0.2) is 4.68 Å². The van der Waals surface area contributed by atoms with Crippen molar-refractivity contribution in [1.82, 2.24) is 24.9 Å². The van der Waals surface area contributed by atoms with E-state index in [4.69, 9.17) is 25.0 Å². The predicted octanol–water partition coefficient (Wildman–Crippen LogP) is 3.58. The van der Waals surface area contributed by atoms with Crippen LogP contribution in [0.1, 0.15) is 69.2 Å². The van der Waals surface area contributed by atoms with Crippen LogP contribution >= 0.6 is 0 Å². The van der Waals surface area contributed by atoms with Gasteiger partial charge in [-0.05, 0) is 99.3 Å². The Kier molecular flexibility index (Phi) is 12.0. The molecular formula is C43H46N8O9. The number of amides is 6. The summed E-state index contributed by atoms with van der Waals surface area (Å²) in [6, 6.07) is 20.4. The number of anilines is 2. The quantitative estimate of drug-likeness (QED) is 0.100. The third kappa shape index (κ3) is 8.64. The number of likely N-dealkylation sites (tertiary alicyclic amines) is 1. The fourth-order valence-corrected chi connectivity index (χ4v) is 8.37. The Morgan fingerprint density at radius 1 is 0.833 bits per heavy atom. The number of piperidine rings is 2. The molecule has 17 nitrogen and oxygen atoms in total. The number of nitrogens with one attached hydrogen (secondary N) is 3. The number of para-hydroxylation sites is 1. The summed E-state index contributed by atoms with van der Waals surface area (Å²) in [5.41, 5.74) is 8.16. The average molecular weight is 819 g/mol. The monoisotopic (exact) mass is 818 g/mol. The lowest BCUT2D eigenvalue weighted by Gasteiger charge is -2.38. The van der Waals surface area contributed by atoms with Gasteiger partial charge in [0.15, 0.2) is 0 Å². The van der Waals surface area contributed by atoms with E-state index in [0.29, 0.717) is 47.6 Å². The summed E-state index contributed by atoms with van der Waals surface area (Å²) >= 11 is 0. The lowest BCUT2D eigenvalue weighted by atomic mass is 9.87. The molecule has 5 N–H and O–H groups in total. The third-order valence-electron chi connectivity index (χ3n) is 11.4. The van der Waals surface area contributed by atoms with Crippen molar-refractivity contribution in [3.05, 3.63) is 89.5 Å². The van der Waals surface area contributed by atoms with Crippen molar-refractivity contribution in [2.75, 3.05) is 63.2 Å². The van der Waals surface area contributed by atoms with Crippen LogP contribution in [-0.4, -0.2) is 114 Å². The molecule has 0 bridgehead atoms. The Morgan fingerprint density at radius 2 is 1.57 bits per heavy atom. The first-order valence-corrected chi connectivity index (χ1v) is 20.2. The number of fused-ring (bicyclic) bond motifs is 2. The largest absolute Gasteiger partial charge is 0.457 e. The molecule has 0 radical (unpaired) electrons. The Morgan fingerprint density at radius 3 is 2.32 bits per heavy atom. The minimum absolute atomic E-state index is 0.0259. The maximum Gasteiger partial charge on any atom is 0.262 e. The van der Waals surface area contributed by atoms with Gasteiger partial charge in [0.2, 0.25) is 17.7 Å². The van der Waals surface area contributed by atoms with Gasteiger partial charge in [0.05, 0.1) is 37.0 Å². The summed E-state index contributed by atoms with van der Waals surface area (Å²) in [6.07, 6.45) is 2.92. The maximum atomic E-state index is 13.1. The Balaban J connectivity index is 0.753. The van der Waals surface area contributed by atoms with Gasteiger partial charge in [-0.1, -0.05) is 18.2 Å². The van der Waals surface area contributed by atoms with Gasteiger partial charge in [-0.2, -0.15) is 5.10 Å². The van der Waals surface area contributed by atoms with Gasteiger partial charge in [-0.15, -0.1) is 0 Å². The Labute approximate surface area is 345 Å². The van der Waals surface area contributed by atoms with Crippen molar-refractivity contribution in [2.24, 2.45) is 11.7 Å². The second-order valence-corrected chi connectivity index (χ2v) is 15.2. The van der Waals surface area contributed by atoms with Gasteiger partial charge in [0, 0.05) is 30.8 Å². The molecule has 4 aliphatic heterocycles. The molecule has 3 aromatic carbocycles. The van der Waals surface area contributed by atoms with Gasteiger partial charge in [0.1, 0.15) is 41.2 Å². The summed E-state index contributed by atoms with van der Waals surface area (Å²) in [4.78, 5) is 78.4. The van der Waals surface area contributed by atoms with Crippen LogP contribution in [0.5, 0.6) is 11.5 Å². The standard InChI is InChI=1S/C43H46N8O9/c44-39(54)37-38(27-6-9-30(10-7-27)60-29-4-2-1-3-5-29)48-51-33(14-17-45-40(37)51)26-15-18-49(19-16-26)20-21-58-22-23-59-25-36(53)46-28-8-11-31-32(24-28)43(57)50(42(31)56)34-12-13-35(52)47-41(34)55/h1-11,24,26,33-34,45H,12-23,25H2,(H2,44,54)(H,46,53)(H,47,52,55)/t33-,34?/m0/s1. The van der Waals surface area contributed by atoms with Gasteiger partial charge >= 0.3 is 0 Å². The number of nitrogens with two attached hydrogens (primary N) is 1. The molecule has 4 aliphatic rings. The number of hydrogen-bond donors (Lipinski definition) is 4. The SMILES string of the molecule is NC(=O)c1c(-c2ccc(Oc3ccccc3)cc2)nn2c1NCC[C@H]2C1CCN(CCOCCOCC(=O)Nc2ccc3c(c2)C(=O)N(C2CCC(=O)NC2=O)C3=O)CC1. The minimum Gasteiger partial charge on any atom is -0.457 e. The highest BCUT2D eigenvalue weighted by Gasteiger charge is 2.44. The van der Waals surface area contributed by atoms with Crippen LogP contribution in [0.4, 0.5) is 11.5 Å². The molecule has 5 heterocycles. The molecule has 17 heteroatoms. The molecule has 60 heavy (non-hydrogen) atoms. The molecular weight excluding hydrogens is 773 g/mol. The van der Waals surface area contributed by atoms with Crippen LogP contribution in [-0.2, 0) is 23.9 Å². The topological polar surface area (TPSA) is 217 Å². The number of hydrogen-bond acceptors (Lipinski definition) is 12. The van der Waals surface area contributed by atoms with Gasteiger partial charge < -0.3 is 35.5 Å². The molecule has 0 aliphatic carbocycles. The molecule has 1 unspecified atom stereocenters. The molecule has 6 amide bonds. The van der Waals surface area contributed by atoms with Crippen LogP contribution in [0.25, 0.3) is 11.3 Å². The van der Waals surface area contributed by atoms with Crippen molar-refractivity contribution in [1.29, 1.82) is 0 Å². The zero-order chi connectivity index (χ0) is 41.8. The smallest absolute Gasteiger partial charge is 0.262 e. The summed E-state index contributed by atoms with van der Waals surface area (Å²) in [6.45, 7) is 4.07. The van der Waals surface area contributed by atoms with Crippen molar-refractivity contribution < 1.29 is 43.0 Å². The number of carbonyl (C=O) groups is 6. The van der Waals surface area contributed by atoms with E-state index in [9.17, 15) is 28.8 Å². The number of aromatic nitrogens is 2. The van der Waals surface area contributed by atoms with Crippen molar-refractivity contribution >= 4 is 46.9 Å². The second-order valence-electron chi connectivity index (χ2n) is 15.2. The predicted molar refractivity (Wildman–Crippen MR) is 217 cm³/mol. The molecule has 4 aromatic rings. The number of primary amides is 1. The molecule has 1 aromatic heterocycles. The number of ether oxygens (including phenoxy) is 3. The lowest BCUT2D eigenvalue weighted by Crippen LogP contribution is -2.54. The third-order valence-corrected chi connectivity index (χ3v) is 11.4. The van der Waals surface area contributed by atoms with Crippen LogP contribution in [0.15, 0.2) is 72.8 Å². The molecule has 0 spiro atoms. The molecule has 312 valence electrons. The van der Waals surface area contributed by atoms with E-state index in [0.717, 1.165) is 61.7 Å². The molecule has 2 fully saturated rings. The average Bonchev–Trinajstić information content (AvgIpc) is 3.76. The molecule has 8 rings (SSSR count). The molecule has 2 saturated heterocycles. The van der Waals surface area contributed by atoms with E-state index in [2.05, 4.69) is 20.9 Å². The summed E-state index contributed by atoms with van der Waals surface area (Å²) in [7, 11) is 0. The van der Waals surface area contributed by atoms with Crippen LogP contribution in [0, 0.1) is 5.92 Å². The number of carbonyl (C=O) groups excluding carboxylic acids is 6. The normalized spacial score (nSPS) is 19.4. The number of imide groups is 2. The van der Waals surface area contributed by atoms with E-state index in [1.807, 2.05) is 59.3 Å². The summed E-state index contributed by atoms with van der Waals surface area (Å²) < 4.78 is 19.2. The van der Waals surface area contributed by atoms with Crippen LogP contribution in [0.3, 0.4) is 0 Å². The first kappa shape index (κ1) is 40.4. The summed E-state index contributed by atoms with van der Waals surface area (Å²) in [5, 5.41) is 13.2. The van der Waals surface area contributed by atoms with E-state index in [-0.39, 0.29) is 43.2 Å². The van der Waals surface area contributed by atoms with E-state index in [1.54, 1.807) is 0 Å². The zero-order valence-electron chi connectivity index (χ0n) is 32.9. The van der Waals surface area contributed by atoms with Gasteiger partial charge in [0.25, 0.3) is 17.7 Å². The highest BCUT2D eigenvalue weighted by Crippen LogP contribution is 2.40. The minimum atomic E-state index is -1.07. The number of nitrogens with zero attached hydrogens (tertiary/aromatic N) is 4. The lowest BCUT2D eigenvalue weighted by molar-refractivity contribution is -0.136. The second kappa shape index (κ2) is 17.8. The Bertz CT molecular complexity index is 2290. The maximum absolute atomic E-state index is 13.1.